The van der Waals surface area contributed by atoms with Crippen LogP contribution in [0.25, 0.3) is 21.3 Å². The number of thiazole rings is 1. The third-order valence-corrected chi connectivity index (χ3v) is 8.15. The Balaban J connectivity index is 1.24. The van der Waals surface area contributed by atoms with E-state index in [1.54, 1.807) is 37.2 Å². The van der Waals surface area contributed by atoms with Gasteiger partial charge in [0.1, 0.15) is 22.3 Å². The molecule has 1 fully saturated rings. The molecular weight excluding hydrogens is 450 g/mol. The fourth-order valence-electron chi connectivity index (χ4n) is 5.12. The Kier molecular flexibility index (Phi) is 6.16. The summed E-state index contributed by atoms with van der Waals surface area (Å²) in [7, 11) is 5.09. The van der Waals surface area contributed by atoms with E-state index in [9.17, 15) is 9.59 Å². The summed E-state index contributed by atoms with van der Waals surface area (Å²) in [5.41, 5.74) is 2.68. The van der Waals surface area contributed by atoms with Gasteiger partial charge >= 0.3 is 5.69 Å². The number of benzene rings is 2. The number of rotatable bonds is 7. The summed E-state index contributed by atoms with van der Waals surface area (Å²) in [6.45, 7) is 0.669. The molecule has 0 aliphatic heterocycles. The molecule has 2 aromatic carbocycles. The van der Waals surface area contributed by atoms with Crippen LogP contribution in [0.5, 0.6) is 11.5 Å². The van der Waals surface area contributed by atoms with E-state index in [2.05, 4.69) is 4.98 Å². The standard InChI is InChI=1S/C26H29N3O4S/c1-28-20-12-11-18(32-2)13-21(20)29(26(28)31)15-16-7-9-17(10-8-16)22(30)14-24-27-19-5-4-6-23(33-3)25(19)34-24/h4-6,11-13,16-17H,7-10,14-15H2,1-3H3. The summed E-state index contributed by atoms with van der Waals surface area (Å²) in [6, 6.07) is 11.5. The Labute approximate surface area is 201 Å². The van der Waals surface area contributed by atoms with Crippen LogP contribution in [0.2, 0.25) is 0 Å². The van der Waals surface area contributed by atoms with E-state index in [0.29, 0.717) is 18.9 Å². The summed E-state index contributed by atoms with van der Waals surface area (Å²) in [4.78, 5) is 30.6. The summed E-state index contributed by atoms with van der Waals surface area (Å²) in [5, 5.41) is 0.850. The van der Waals surface area contributed by atoms with Gasteiger partial charge in [0.25, 0.3) is 0 Å². The molecule has 0 saturated heterocycles. The fraction of sp³-hybridized carbons (Fsp3) is 0.423. The molecule has 0 N–H and O–H groups in total. The van der Waals surface area contributed by atoms with Crippen LogP contribution in [-0.4, -0.2) is 34.1 Å². The molecule has 2 aromatic heterocycles. The zero-order valence-corrected chi connectivity index (χ0v) is 20.6. The van der Waals surface area contributed by atoms with Crippen molar-refractivity contribution < 1.29 is 14.3 Å². The lowest BCUT2D eigenvalue weighted by molar-refractivity contribution is -0.123. The van der Waals surface area contributed by atoms with Crippen LogP contribution in [0.4, 0.5) is 0 Å². The second kappa shape index (κ2) is 9.25. The maximum Gasteiger partial charge on any atom is 0.328 e. The van der Waals surface area contributed by atoms with E-state index in [1.165, 1.54) is 0 Å². The molecule has 0 atom stereocenters. The lowest BCUT2D eigenvalue weighted by Crippen LogP contribution is -2.29. The smallest absolute Gasteiger partial charge is 0.328 e. The molecule has 8 heteroatoms. The Bertz CT molecular complexity index is 1410. The number of carbonyl (C=O) groups excluding carboxylic acids is 1. The summed E-state index contributed by atoms with van der Waals surface area (Å²) >= 11 is 1.54. The average Bonchev–Trinajstić information content (AvgIpc) is 3.38. The third-order valence-electron chi connectivity index (χ3n) is 7.06. The highest BCUT2D eigenvalue weighted by Crippen LogP contribution is 2.34. The monoisotopic (exact) mass is 479 g/mol. The third kappa shape index (κ3) is 4.11. The highest BCUT2D eigenvalue weighted by atomic mass is 32.1. The van der Waals surface area contributed by atoms with Crippen LogP contribution in [0.1, 0.15) is 30.7 Å². The molecule has 0 spiro atoms. The zero-order valence-electron chi connectivity index (χ0n) is 19.7. The summed E-state index contributed by atoms with van der Waals surface area (Å²) in [5.74, 6) is 2.26. The van der Waals surface area contributed by atoms with Crippen molar-refractivity contribution >= 4 is 38.4 Å². The van der Waals surface area contributed by atoms with Crippen molar-refractivity contribution in [2.24, 2.45) is 18.9 Å². The maximum atomic E-state index is 13.0. The van der Waals surface area contributed by atoms with Crippen LogP contribution in [-0.2, 0) is 24.8 Å². The Hall–Kier alpha value is -3.13. The molecule has 4 aromatic rings. The van der Waals surface area contributed by atoms with Gasteiger partial charge < -0.3 is 9.47 Å². The Morgan fingerprint density at radius 1 is 1.09 bits per heavy atom. The Morgan fingerprint density at radius 2 is 1.88 bits per heavy atom. The number of methoxy groups -OCH3 is 2. The second-order valence-electron chi connectivity index (χ2n) is 9.08. The van der Waals surface area contributed by atoms with Crippen LogP contribution < -0.4 is 15.2 Å². The predicted molar refractivity (Wildman–Crippen MR) is 134 cm³/mol. The highest BCUT2D eigenvalue weighted by Gasteiger charge is 2.28. The number of ether oxygens (including phenoxy) is 2. The zero-order chi connectivity index (χ0) is 23.8. The minimum absolute atomic E-state index is 0.00674. The fourth-order valence-corrected chi connectivity index (χ4v) is 6.18. The molecular formula is C26H29N3O4S. The largest absolute Gasteiger partial charge is 0.497 e. The molecule has 5 rings (SSSR count). The highest BCUT2D eigenvalue weighted by molar-refractivity contribution is 7.19. The quantitative estimate of drug-likeness (QED) is 0.388. The van der Waals surface area contributed by atoms with Gasteiger partial charge in [0, 0.05) is 25.6 Å². The number of ketones is 1. The van der Waals surface area contributed by atoms with Gasteiger partial charge in [-0.15, -0.1) is 11.3 Å². The van der Waals surface area contributed by atoms with Crippen molar-refractivity contribution in [3.05, 3.63) is 51.9 Å². The van der Waals surface area contributed by atoms with E-state index in [4.69, 9.17) is 9.47 Å². The molecule has 178 valence electrons. The number of Topliss-reactive ketones (excluding diaryl/α,β-unsaturated/α-hetero) is 1. The van der Waals surface area contributed by atoms with Gasteiger partial charge in [0.2, 0.25) is 0 Å². The molecule has 0 amide bonds. The minimum Gasteiger partial charge on any atom is -0.497 e. The number of aromatic nitrogens is 3. The topological polar surface area (TPSA) is 75.4 Å². The molecule has 1 aliphatic rings. The SMILES string of the molecule is COc1ccc2c(c1)n(CC1CCC(C(=O)Cc3nc4cccc(OC)c4s3)CC1)c(=O)n2C. The maximum absolute atomic E-state index is 13.0. The first-order valence-electron chi connectivity index (χ1n) is 11.7. The molecule has 1 aliphatic carbocycles. The lowest BCUT2D eigenvalue weighted by Gasteiger charge is -2.27. The van der Waals surface area contributed by atoms with Gasteiger partial charge in [-0.2, -0.15) is 0 Å². The van der Waals surface area contributed by atoms with Crippen molar-refractivity contribution in [2.75, 3.05) is 14.2 Å². The van der Waals surface area contributed by atoms with E-state index >= 15 is 0 Å². The average molecular weight is 480 g/mol. The molecule has 34 heavy (non-hydrogen) atoms. The van der Waals surface area contributed by atoms with Gasteiger partial charge in [0.05, 0.1) is 41.9 Å². The molecule has 0 unspecified atom stereocenters. The first-order chi connectivity index (χ1) is 16.5. The van der Waals surface area contributed by atoms with Crippen molar-refractivity contribution in [3.63, 3.8) is 0 Å². The Morgan fingerprint density at radius 3 is 2.62 bits per heavy atom. The normalized spacial score (nSPS) is 18.4. The number of imidazole rings is 1. The van der Waals surface area contributed by atoms with Gasteiger partial charge in [-0.05, 0) is 55.9 Å². The number of nitrogens with zero attached hydrogens (tertiary/aromatic N) is 3. The van der Waals surface area contributed by atoms with Gasteiger partial charge in [0.15, 0.2) is 0 Å². The van der Waals surface area contributed by atoms with Gasteiger partial charge in [-0.3, -0.25) is 13.9 Å². The molecule has 0 radical (unpaired) electrons. The number of fused-ring (bicyclic) bond motifs is 2. The van der Waals surface area contributed by atoms with E-state index < -0.39 is 0 Å². The van der Waals surface area contributed by atoms with Crippen LogP contribution >= 0.6 is 11.3 Å². The van der Waals surface area contributed by atoms with Crippen LogP contribution in [0.15, 0.2) is 41.2 Å². The summed E-state index contributed by atoms with van der Waals surface area (Å²) < 4.78 is 15.3. The van der Waals surface area contributed by atoms with E-state index in [-0.39, 0.29) is 17.4 Å². The molecule has 0 bridgehead atoms. The summed E-state index contributed by atoms with van der Waals surface area (Å²) in [6.07, 6.45) is 3.98. The molecule has 7 nitrogen and oxygen atoms in total. The predicted octanol–water partition coefficient (Wildman–Crippen LogP) is 4.59. The van der Waals surface area contributed by atoms with Crippen molar-refractivity contribution in [1.29, 1.82) is 0 Å². The number of hydrogen-bond donors (Lipinski definition) is 0. The van der Waals surface area contributed by atoms with Gasteiger partial charge in [-0.1, -0.05) is 6.07 Å². The van der Waals surface area contributed by atoms with Crippen LogP contribution in [0.3, 0.4) is 0 Å². The van der Waals surface area contributed by atoms with Crippen LogP contribution in [0, 0.1) is 11.8 Å². The first-order valence-corrected chi connectivity index (χ1v) is 12.5. The number of aryl methyl sites for hydroxylation is 1. The van der Waals surface area contributed by atoms with E-state index in [0.717, 1.165) is 63.4 Å². The van der Waals surface area contributed by atoms with E-state index in [1.807, 2.05) is 41.0 Å². The van der Waals surface area contributed by atoms with Crippen molar-refractivity contribution in [2.45, 2.75) is 38.6 Å². The van der Waals surface area contributed by atoms with Gasteiger partial charge in [-0.25, -0.2) is 9.78 Å². The minimum atomic E-state index is -0.00674. The van der Waals surface area contributed by atoms with Crippen molar-refractivity contribution in [1.82, 2.24) is 14.1 Å². The number of hydrogen-bond acceptors (Lipinski definition) is 6. The van der Waals surface area contributed by atoms with Crippen molar-refractivity contribution in [3.8, 4) is 11.5 Å². The molecule has 1 saturated carbocycles. The second-order valence-corrected chi connectivity index (χ2v) is 10.2. The first kappa shape index (κ1) is 22.7. The number of carbonyl (C=O) groups is 1. The molecule has 2 heterocycles. The lowest BCUT2D eigenvalue weighted by atomic mass is 9.79.